The van der Waals surface area contributed by atoms with Crippen molar-refractivity contribution >= 4 is 46.2 Å². The van der Waals surface area contributed by atoms with Crippen LogP contribution < -0.4 is 32.5 Å². The van der Waals surface area contributed by atoms with E-state index in [1.807, 2.05) is 34.6 Å². The van der Waals surface area contributed by atoms with Crippen molar-refractivity contribution in [3.63, 3.8) is 0 Å². The number of benzene rings is 1. The Morgan fingerprint density at radius 3 is 2.28 bits per heavy atom. The lowest BCUT2D eigenvalue weighted by Crippen LogP contribution is -2.56. The second-order valence-electron chi connectivity index (χ2n) is 19.3. The van der Waals surface area contributed by atoms with Crippen LogP contribution in [0.2, 0.25) is 0 Å². The van der Waals surface area contributed by atoms with Crippen LogP contribution in [0.3, 0.4) is 0 Å². The quantitative estimate of drug-likeness (QED) is 0.0247. The summed E-state index contributed by atoms with van der Waals surface area (Å²) in [6, 6.07) is 5.85. The van der Waals surface area contributed by atoms with E-state index in [4.69, 9.17) is 20.3 Å². The van der Waals surface area contributed by atoms with Crippen LogP contribution in [0.5, 0.6) is 0 Å². The molecule has 2 bridgehead atoms. The highest BCUT2D eigenvalue weighted by molar-refractivity contribution is 5.98. The predicted molar refractivity (Wildman–Crippen MR) is 255 cm³/mol. The normalized spacial score (nSPS) is 20.4. The first-order valence-electron chi connectivity index (χ1n) is 24.1. The SMILES string of the molecule is CCC(C)(CCN)OCCOCCC(C)(CC)C(=O)N[C@H](C(=O)N[C@@H](C)C(=O)Nc1ccc(Cn2nc(-c3ncc(F)c(N[C@H]4C5CCC(CC5)[C@@H]4C(=O)NO)n3)c3cc(F)cnc32)cc1)C(C)C. The Morgan fingerprint density at radius 1 is 0.913 bits per heavy atom. The molecule has 3 aliphatic rings. The van der Waals surface area contributed by atoms with Crippen molar-refractivity contribution in [2.45, 2.75) is 130 Å². The molecule has 3 aromatic heterocycles. The standard InChI is InChI=1S/C49H69F2N11O7/c1-8-48(6,19-21-68-22-23-69-49(7,9-2)18-20-52)47(66)58-38(28(3)4)46(65)55-29(5)44(63)56-34-16-10-30(11-17-34)27-62-43-35(24-33(50)25-54-43)40(60-62)42-53-26-36(51)41(59-42)57-39-32-14-12-31(13-15-32)37(39)45(64)61-67/h10-11,16-17,24-26,28-29,31-32,37-39,67H,8-9,12-15,18-23,27,52H2,1-7H3,(H,55,65)(H,56,63)(H,58,66)(H,61,64)(H,53,57,59)/t29-,31?,32?,37-,38-,39-,48?,49?/m0/s1. The Kier molecular flexibility index (Phi) is 17.8. The van der Waals surface area contributed by atoms with Gasteiger partial charge in [-0.2, -0.15) is 5.10 Å². The predicted octanol–water partition coefficient (Wildman–Crippen LogP) is 5.88. The second kappa shape index (κ2) is 23.3. The highest BCUT2D eigenvalue weighted by Crippen LogP contribution is 2.46. The molecule has 0 saturated heterocycles. The van der Waals surface area contributed by atoms with Crippen molar-refractivity contribution in [2.24, 2.45) is 34.8 Å². The molecule has 3 aliphatic carbocycles. The minimum Gasteiger partial charge on any atom is -0.379 e. The van der Waals surface area contributed by atoms with Gasteiger partial charge >= 0.3 is 0 Å². The van der Waals surface area contributed by atoms with E-state index in [0.717, 1.165) is 56.5 Å². The molecular formula is C49H69F2N11O7. The molecule has 3 fully saturated rings. The maximum atomic E-state index is 15.3. The number of halogens is 2. The van der Waals surface area contributed by atoms with Gasteiger partial charge in [-0.25, -0.2) is 33.9 Å². The van der Waals surface area contributed by atoms with Gasteiger partial charge in [0.05, 0.1) is 49.1 Å². The summed E-state index contributed by atoms with van der Waals surface area (Å²) in [5.74, 6) is -4.01. The molecule has 69 heavy (non-hydrogen) atoms. The van der Waals surface area contributed by atoms with Crippen molar-refractivity contribution in [1.82, 2.24) is 40.8 Å². The lowest BCUT2D eigenvalue weighted by atomic mass is 9.61. The molecule has 376 valence electrons. The monoisotopic (exact) mass is 962 g/mol. The van der Waals surface area contributed by atoms with Gasteiger partial charge in [0.15, 0.2) is 23.1 Å². The van der Waals surface area contributed by atoms with Crippen LogP contribution in [0.4, 0.5) is 20.3 Å². The molecule has 20 heteroatoms. The van der Waals surface area contributed by atoms with E-state index < -0.39 is 58.8 Å². The Bertz CT molecular complexity index is 2410. The van der Waals surface area contributed by atoms with E-state index in [1.165, 1.54) is 6.07 Å². The van der Waals surface area contributed by atoms with Crippen molar-refractivity contribution in [3.8, 4) is 11.5 Å². The summed E-state index contributed by atoms with van der Waals surface area (Å²) in [6.45, 7) is 14.9. The van der Waals surface area contributed by atoms with Gasteiger partial charge in [-0.05, 0) is 113 Å². The van der Waals surface area contributed by atoms with Crippen LogP contribution in [0.15, 0.2) is 42.7 Å². The molecule has 0 radical (unpaired) electrons. The lowest BCUT2D eigenvalue weighted by Gasteiger charge is -2.47. The fourth-order valence-electron chi connectivity index (χ4n) is 9.35. The molecule has 1 aromatic carbocycles. The third-order valence-electron chi connectivity index (χ3n) is 14.2. The number of amides is 4. The van der Waals surface area contributed by atoms with Gasteiger partial charge in [0.25, 0.3) is 0 Å². The van der Waals surface area contributed by atoms with Crippen molar-refractivity contribution in [1.29, 1.82) is 0 Å². The number of carbonyl (C=O) groups is 4. The molecule has 7 rings (SSSR count). The van der Waals surface area contributed by atoms with Gasteiger partial charge in [-0.3, -0.25) is 24.4 Å². The number of hydrogen-bond donors (Lipinski definition) is 7. The topological polar surface area (TPSA) is 250 Å². The van der Waals surface area contributed by atoms with E-state index >= 15 is 4.39 Å². The maximum absolute atomic E-state index is 15.3. The van der Waals surface area contributed by atoms with Crippen molar-refractivity contribution in [3.05, 3.63) is 59.9 Å². The number of carbonyl (C=O) groups excluding carboxylic acids is 4. The fraction of sp³-hybridized carbons (Fsp3) is 0.592. The Balaban J connectivity index is 1.05. The number of anilines is 2. The molecule has 2 unspecified atom stereocenters. The number of hydroxylamine groups is 1. The van der Waals surface area contributed by atoms with Crippen LogP contribution in [-0.2, 0) is 35.2 Å². The van der Waals surface area contributed by atoms with Crippen LogP contribution >= 0.6 is 0 Å². The van der Waals surface area contributed by atoms with Crippen molar-refractivity contribution in [2.75, 3.05) is 37.0 Å². The smallest absolute Gasteiger partial charge is 0.248 e. The summed E-state index contributed by atoms with van der Waals surface area (Å²) in [6.07, 6.45) is 7.99. The van der Waals surface area contributed by atoms with Crippen LogP contribution in [-0.4, -0.2) is 104 Å². The molecule has 3 heterocycles. The van der Waals surface area contributed by atoms with Gasteiger partial charge in [-0.15, -0.1) is 0 Å². The van der Waals surface area contributed by atoms with Gasteiger partial charge in [0.1, 0.15) is 23.6 Å². The number of rotatable bonds is 24. The maximum Gasteiger partial charge on any atom is 0.248 e. The molecular weight excluding hydrogens is 893 g/mol. The van der Waals surface area contributed by atoms with Gasteiger partial charge < -0.3 is 36.5 Å². The molecule has 0 spiro atoms. The highest BCUT2D eigenvalue weighted by atomic mass is 19.1. The molecule has 4 amide bonds. The first-order chi connectivity index (χ1) is 32.9. The van der Waals surface area contributed by atoms with Gasteiger partial charge in [0, 0.05) is 23.8 Å². The largest absolute Gasteiger partial charge is 0.379 e. The first kappa shape index (κ1) is 52.7. The number of nitrogens with zero attached hydrogens (tertiary/aromatic N) is 5. The summed E-state index contributed by atoms with van der Waals surface area (Å²) in [7, 11) is 0. The van der Waals surface area contributed by atoms with Crippen LogP contribution in [0.1, 0.15) is 105 Å². The number of pyridine rings is 1. The average Bonchev–Trinajstić information content (AvgIpc) is 3.69. The van der Waals surface area contributed by atoms with E-state index in [9.17, 15) is 28.8 Å². The Hall–Kier alpha value is -5.70. The number of hydrogen-bond acceptors (Lipinski definition) is 13. The Labute approximate surface area is 402 Å². The van der Waals surface area contributed by atoms with Crippen LogP contribution in [0, 0.1) is 40.7 Å². The molecule has 0 aliphatic heterocycles. The van der Waals surface area contributed by atoms with Crippen LogP contribution in [0.25, 0.3) is 22.6 Å². The molecule has 3 saturated carbocycles. The molecule has 4 aromatic rings. The van der Waals surface area contributed by atoms with Gasteiger partial charge in [0.2, 0.25) is 23.6 Å². The van der Waals surface area contributed by atoms with E-state index in [1.54, 1.807) is 41.4 Å². The zero-order valence-electron chi connectivity index (χ0n) is 40.7. The number of aromatic nitrogens is 5. The molecule has 18 nitrogen and oxygen atoms in total. The van der Waals surface area contributed by atoms with E-state index in [2.05, 4.69) is 43.1 Å². The third kappa shape index (κ3) is 12.7. The van der Waals surface area contributed by atoms with Crippen molar-refractivity contribution < 1.29 is 42.6 Å². The zero-order valence-corrected chi connectivity index (χ0v) is 40.7. The van der Waals surface area contributed by atoms with E-state index in [0.29, 0.717) is 55.9 Å². The minimum atomic E-state index is -0.952. The number of nitrogens with two attached hydrogens (primary N) is 1. The fourth-order valence-corrected chi connectivity index (χ4v) is 9.35. The zero-order chi connectivity index (χ0) is 50.0. The summed E-state index contributed by atoms with van der Waals surface area (Å²) >= 11 is 0. The number of ether oxygens (including phenoxy) is 2. The Morgan fingerprint density at radius 2 is 1.62 bits per heavy atom. The minimum absolute atomic E-state index is 0.0114. The molecule has 6 atom stereocenters. The number of fused-ring (bicyclic) bond motifs is 4. The summed E-state index contributed by atoms with van der Waals surface area (Å²) in [5, 5.41) is 26.1. The second-order valence-corrected chi connectivity index (χ2v) is 19.3. The summed E-state index contributed by atoms with van der Waals surface area (Å²) in [5.41, 5.74) is 8.08. The summed E-state index contributed by atoms with van der Waals surface area (Å²) in [4.78, 5) is 66.2. The van der Waals surface area contributed by atoms with Gasteiger partial charge in [-0.1, -0.05) is 46.8 Å². The summed E-state index contributed by atoms with van der Waals surface area (Å²) < 4.78 is 43.4. The highest BCUT2D eigenvalue weighted by Gasteiger charge is 2.47. The van der Waals surface area contributed by atoms with E-state index in [-0.39, 0.29) is 53.1 Å². The first-order valence-corrected chi connectivity index (χ1v) is 24.1. The number of nitrogens with one attached hydrogen (secondary N) is 5. The average molecular weight is 962 g/mol. The molecule has 8 N–H and O–H groups in total. The lowest BCUT2D eigenvalue weighted by molar-refractivity contribution is -0.139. The third-order valence-corrected chi connectivity index (χ3v) is 14.2.